The van der Waals surface area contributed by atoms with Gasteiger partial charge in [0, 0.05) is 0 Å². The summed E-state index contributed by atoms with van der Waals surface area (Å²) >= 11 is 3.25. The highest BCUT2D eigenvalue weighted by atomic mass is 79.9. The molecular formula is C8H8BrNO2. The number of pyridine rings is 1. The van der Waals surface area contributed by atoms with Crippen LogP contribution in [0.3, 0.4) is 0 Å². The molecule has 0 N–H and O–H groups in total. The van der Waals surface area contributed by atoms with Crippen LogP contribution in [-0.4, -0.2) is 24.3 Å². The Morgan fingerprint density at radius 2 is 2.33 bits per heavy atom. The summed E-state index contributed by atoms with van der Waals surface area (Å²) in [6.07, 6.45) is 1.91. The SMILES string of the molecule is Brc1ccc(OC2COC2)cn1. The van der Waals surface area contributed by atoms with E-state index in [1.165, 1.54) is 0 Å². The molecule has 3 nitrogen and oxygen atoms in total. The van der Waals surface area contributed by atoms with E-state index in [-0.39, 0.29) is 6.10 Å². The van der Waals surface area contributed by atoms with Crippen molar-refractivity contribution < 1.29 is 9.47 Å². The van der Waals surface area contributed by atoms with E-state index in [1.54, 1.807) is 6.20 Å². The van der Waals surface area contributed by atoms with Crippen molar-refractivity contribution in [3.05, 3.63) is 22.9 Å². The summed E-state index contributed by atoms with van der Waals surface area (Å²) in [6, 6.07) is 3.74. The van der Waals surface area contributed by atoms with Gasteiger partial charge in [0.1, 0.15) is 16.5 Å². The topological polar surface area (TPSA) is 31.4 Å². The zero-order valence-electron chi connectivity index (χ0n) is 6.37. The molecule has 1 aromatic heterocycles. The normalized spacial score (nSPS) is 17.1. The molecule has 12 heavy (non-hydrogen) atoms. The minimum atomic E-state index is 0.216. The summed E-state index contributed by atoms with van der Waals surface area (Å²) in [5.74, 6) is 0.798. The first kappa shape index (κ1) is 8.01. The lowest BCUT2D eigenvalue weighted by Crippen LogP contribution is -2.38. The van der Waals surface area contributed by atoms with Gasteiger partial charge < -0.3 is 9.47 Å². The molecule has 0 atom stereocenters. The minimum absolute atomic E-state index is 0.216. The molecule has 64 valence electrons. The summed E-state index contributed by atoms with van der Waals surface area (Å²) in [5, 5.41) is 0. The molecule has 0 spiro atoms. The molecule has 1 fully saturated rings. The van der Waals surface area contributed by atoms with Crippen LogP contribution in [0.2, 0.25) is 0 Å². The number of aromatic nitrogens is 1. The third-order valence-electron chi connectivity index (χ3n) is 1.61. The van der Waals surface area contributed by atoms with Crippen molar-refractivity contribution in [3.63, 3.8) is 0 Å². The van der Waals surface area contributed by atoms with Crippen LogP contribution in [0.5, 0.6) is 5.75 Å². The van der Waals surface area contributed by atoms with E-state index in [9.17, 15) is 0 Å². The van der Waals surface area contributed by atoms with Crippen LogP contribution in [-0.2, 0) is 4.74 Å². The summed E-state index contributed by atoms with van der Waals surface area (Å²) in [5.41, 5.74) is 0. The van der Waals surface area contributed by atoms with Crippen LogP contribution in [0.1, 0.15) is 0 Å². The Morgan fingerprint density at radius 1 is 1.50 bits per heavy atom. The average Bonchev–Trinajstić information content (AvgIpc) is 2.00. The number of nitrogens with zero attached hydrogens (tertiary/aromatic N) is 1. The van der Waals surface area contributed by atoms with Crippen molar-refractivity contribution in [3.8, 4) is 5.75 Å². The Balaban J connectivity index is 1.98. The van der Waals surface area contributed by atoms with Gasteiger partial charge in [0.15, 0.2) is 0 Å². The fourth-order valence-electron chi connectivity index (χ4n) is 0.907. The van der Waals surface area contributed by atoms with Gasteiger partial charge in [-0.25, -0.2) is 4.98 Å². The van der Waals surface area contributed by atoms with Crippen molar-refractivity contribution in [2.24, 2.45) is 0 Å². The molecule has 2 heterocycles. The lowest BCUT2D eigenvalue weighted by atomic mass is 10.3. The van der Waals surface area contributed by atoms with E-state index in [4.69, 9.17) is 9.47 Å². The van der Waals surface area contributed by atoms with Crippen LogP contribution in [0.25, 0.3) is 0 Å². The van der Waals surface area contributed by atoms with Crippen molar-refractivity contribution in [2.45, 2.75) is 6.10 Å². The second-order valence-electron chi connectivity index (χ2n) is 2.59. The monoisotopic (exact) mass is 229 g/mol. The van der Waals surface area contributed by atoms with E-state index in [0.29, 0.717) is 13.2 Å². The van der Waals surface area contributed by atoms with E-state index in [1.807, 2.05) is 12.1 Å². The highest BCUT2D eigenvalue weighted by molar-refractivity contribution is 9.10. The van der Waals surface area contributed by atoms with Gasteiger partial charge in [-0.15, -0.1) is 0 Å². The predicted octanol–water partition coefficient (Wildman–Crippen LogP) is 1.62. The van der Waals surface area contributed by atoms with Crippen molar-refractivity contribution >= 4 is 15.9 Å². The zero-order valence-corrected chi connectivity index (χ0v) is 7.95. The number of ether oxygens (including phenoxy) is 2. The van der Waals surface area contributed by atoms with Gasteiger partial charge in [0.25, 0.3) is 0 Å². The van der Waals surface area contributed by atoms with Gasteiger partial charge in [-0.05, 0) is 28.1 Å². The number of hydrogen-bond acceptors (Lipinski definition) is 3. The van der Waals surface area contributed by atoms with E-state index >= 15 is 0 Å². The smallest absolute Gasteiger partial charge is 0.145 e. The number of hydrogen-bond donors (Lipinski definition) is 0. The first-order valence-electron chi connectivity index (χ1n) is 3.70. The molecule has 4 heteroatoms. The molecule has 0 amide bonds. The maximum atomic E-state index is 5.50. The van der Waals surface area contributed by atoms with Crippen molar-refractivity contribution in [1.29, 1.82) is 0 Å². The van der Waals surface area contributed by atoms with Crippen LogP contribution in [0.4, 0.5) is 0 Å². The second-order valence-corrected chi connectivity index (χ2v) is 3.41. The second kappa shape index (κ2) is 3.41. The fourth-order valence-corrected chi connectivity index (χ4v) is 1.14. The van der Waals surface area contributed by atoms with Crippen LogP contribution < -0.4 is 4.74 Å². The molecule has 1 aliphatic heterocycles. The Kier molecular flexibility index (Phi) is 2.28. The van der Waals surface area contributed by atoms with Gasteiger partial charge in [0.05, 0.1) is 19.4 Å². The largest absolute Gasteiger partial charge is 0.484 e. The molecule has 0 aromatic carbocycles. The molecule has 2 rings (SSSR count). The predicted molar refractivity (Wildman–Crippen MR) is 47.2 cm³/mol. The Bertz CT molecular complexity index is 258. The average molecular weight is 230 g/mol. The van der Waals surface area contributed by atoms with Gasteiger partial charge in [-0.2, -0.15) is 0 Å². The molecule has 0 unspecified atom stereocenters. The third-order valence-corrected chi connectivity index (χ3v) is 2.08. The summed E-state index contributed by atoms with van der Waals surface area (Å²) < 4.78 is 11.3. The van der Waals surface area contributed by atoms with Crippen molar-refractivity contribution in [2.75, 3.05) is 13.2 Å². The lowest BCUT2D eigenvalue weighted by molar-refractivity contribution is -0.0798. The Labute approximate surface area is 78.8 Å². The quantitative estimate of drug-likeness (QED) is 0.723. The molecule has 0 saturated carbocycles. The molecule has 1 aromatic rings. The minimum Gasteiger partial charge on any atom is -0.484 e. The highest BCUT2D eigenvalue weighted by Gasteiger charge is 2.19. The van der Waals surface area contributed by atoms with Gasteiger partial charge in [0.2, 0.25) is 0 Å². The Morgan fingerprint density at radius 3 is 2.83 bits per heavy atom. The lowest BCUT2D eigenvalue weighted by Gasteiger charge is -2.26. The summed E-state index contributed by atoms with van der Waals surface area (Å²) in [7, 11) is 0. The third kappa shape index (κ3) is 1.76. The van der Waals surface area contributed by atoms with Gasteiger partial charge in [-0.1, -0.05) is 0 Å². The van der Waals surface area contributed by atoms with E-state index < -0.39 is 0 Å². The first-order chi connectivity index (χ1) is 5.84. The molecule has 0 aliphatic carbocycles. The zero-order chi connectivity index (χ0) is 8.39. The first-order valence-corrected chi connectivity index (χ1v) is 4.50. The van der Waals surface area contributed by atoms with Crippen LogP contribution >= 0.6 is 15.9 Å². The molecular weight excluding hydrogens is 222 g/mol. The van der Waals surface area contributed by atoms with Crippen LogP contribution in [0, 0.1) is 0 Å². The maximum absolute atomic E-state index is 5.50. The molecule has 0 bridgehead atoms. The van der Waals surface area contributed by atoms with Gasteiger partial charge >= 0.3 is 0 Å². The fraction of sp³-hybridized carbons (Fsp3) is 0.375. The molecule has 1 aliphatic rings. The van der Waals surface area contributed by atoms with E-state index in [2.05, 4.69) is 20.9 Å². The van der Waals surface area contributed by atoms with Crippen molar-refractivity contribution in [1.82, 2.24) is 4.98 Å². The van der Waals surface area contributed by atoms with E-state index in [0.717, 1.165) is 10.4 Å². The van der Waals surface area contributed by atoms with Crippen LogP contribution in [0.15, 0.2) is 22.9 Å². The maximum Gasteiger partial charge on any atom is 0.145 e. The highest BCUT2D eigenvalue weighted by Crippen LogP contribution is 2.16. The molecule has 1 saturated heterocycles. The Hall–Kier alpha value is -0.610. The number of halogens is 1. The summed E-state index contributed by atoms with van der Waals surface area (Å²) in [4.78, 5) is 4.04. The standard InChI is InChI=1S/C8H8BrNO2/c9-8-2-1-6(3-10-8)12-7-4-11-5-7/h1-3,7H,4-5H2. The molecule has 0 radical (unpaired) electrons. The van der Waals surface area contributed by atoms with Gasteiger partial charge in [-0.3, -0.25) is 0 Å². The number of rotatable bonds is 2. The summed E-state index contributed by atoms with van der Waals surface area (Å²) in [6.45, 7) is 1.38.